The Kier molecular flexibility index (Phi) is 6.87. The van der Waals surface area contributed by atoms with E-state index < -0.39 is 0 Å². The third-order valence-corrected chi connectivity index (χ3v) is 3.92. The molecular weight excluding hydrogens is 293 g/mol. The van der Waals surface area contributed by atoms with Crippen LogP contribution < -0.4 is 5.32 Å². The summed E-state index contributed by atoms with van der Waals surface area (Å²) in [4.78, 5) is 0. The smallest absolute Gasteiger partial charge is 0.137 e. The molecule has 1 aromatic rings. The summed E-state index contributed by atoms with van der Waals surface area (Å²) < 4.78 is 14.2. The van der Waals surface area contributed by atoms with Crippen LogP contribution in [0.2, 0.25) is 0 Å². The lowest BCUT2D eigenvalue weighted by atomic mass is 9.98. The van der Waals surface area contributed by atoms with Crippen LogP contribution in [-0.2, 0) is 0 Å². The molecule has 0 bridgehead atoms. The van der Waals surface area contributed by atoms with E-state index in [9.17, 15) is 4.39 Å². The molecular formula is C15H23BrFN. The van der Waals surface area contributed by atoms with Gasteiger partial charge in [-0.3, -0.25) is 0 Å². The summed E-state index contributed by atoms with van der Waals surface area (Å²) >= 11 is 3.36. The second kappa shape index (κ2) is 7.90. The minimum Gasteiger partial charge on any atom is -0.310 e. The Morgan fingerprint density at radius 2 is 2.00 bits per heavy atom. The molecule has 0 aliphatic carbocycles. The van der Waals surface area contributed by atoms with Crippen molar-refractivity contribution in [3.63, 3.8) is 0 Å². The molecule has 0 aliphatic rings. The molecule has 0 radical (unpaired) electrons. The molecule has 1 unspecified atom stereocenters. The summed E-state index contributed by atoms with van der Waals surface area (Å²) in [6.07, 6.45) is 3.43. The zero-order chi connectivity index (χ0) is 13.5. The van der Waals surface area contributed by atoms with Gasteiger partial charge in [-0.2, -0.15) is 0 Å². The molecule has 3 heteroatoms. The Balaban J connectivity index is 2.74. The van der Waals surface area contributed by atoms with Gasteiger partial charge in [0.15, 0.2) is 0 Å². The fraction of sp³-hybridized carbons (Fsp3) is 0.600. The summed E-state index contributed by atoms with van der Waals surface area (Å²) in [5.41, 5.74) is 1.03. The lowest BCUT2D eigenvalue weighted by Crippen LogP contribution is -2.21. The van der Waals surface area contributed by atoms with Crippen LogP contribution in [0.3, 0.4) is 0 Å². The van der Waals surface area contributed by atoms with Gasteiger partial charge >= 0.3 is 0 Å². The minimum atomic E-state index is -0.181. The van der Waals surface area contributed by atoms with Crippen molar-refractivity contribution in [3.05, 3.63) is 34.1 Å². The van der Waals surface area contributed by atoms with Gasteiger partial charge in [-0.1, -0.05) is 45.7 Å². The van der Waals surface area contributed by atoms with Crippen LogP contribution in [0.1, 0.15) is 51.6 Å². The Morgan fingerprint density at radius 1 is 1.28 bits per heavy atom. The second-order valence-electron chi connectivity index (χ2n) is 5.08. The highest BCUT2D eigenvalue weighted by Crippen LogP contribution is 2.29. The van der Waals surface area contributed by atoms with E-state index in [2.05, 4.69) is 42.0 Å². The van der Waals surface area contributed by atoms with Gasteiger partial charge in [0.05, 0.1) is 4.47 Å². The second-order valence-corrected chi connectivity index (χ2v) is 5.87. The molecule has 0 saturated heterocycles. The summed E-state index contributed by atoms with van der Waals surface area (Å²) in [5, 5.41) is 3.44. The van der Waals surface area contributed by atoms with E-state index in [0.717, 1.165) is 30.9 Å². The van der Waals surface area contributed by atoms with Gasteiger partial charge < -0.3 is 5.32 Å². The van der Waals surface area contributed by atoms with Gasteiger partial charge in [0, 0.05) is 6.04 Å². The normalized spacial score (nSPS) is 13.0. The van der Waals surface area contributed by atoms with Gasteiger partial charge in [0.25, 0.3) is 0 Å². The maximum Gasteiger partial charge on any atom is 0.137 e. The zero-order valence-electron chi connectivity index (χ0n) is 11.5. The van der Waals surface area contributed by atoms with E-state index in [0.29, 0.717) is 4.47 Å². The lowest BCUT2D eigenvalue weighted by Gasteiger charge is -2.20. The molecule has 1 rings (SSSR count). The van der Waals surface area contributed by atoms with Crippen LogP contribution in [0, 0.1) is 11.7 Å². The highest BCUT2D eigenvalue weighted by molar-refractivity contribution is 9.10. The van der Waals surface area contributed by atoms with Gasteiger partial charge in [0.1, 0.15) is 5.82 Å². The Morgan fingerprint density at radius 3 is 2.61 bits per heavy atom. The van der Waals surface area contributed by atoms with Crippen molar-refractivity contribution in [1.82, 2.24) is 5.32 Å². The summed E-state index contributed by atoms with van der Waals surface area (Å²) in [6, 6.07) is 5.50. The third-order valence-electron chi connectivity index (χ3n) is 3.08. The summed E-state index contributed by atoms with van der Waals surface area (Å²) in [6.45, 7) is 7.46. The number of benzene rings is 1. The summed E-state index contributed by atoms with van der Waals surface area (Å²) in [5.74, 6) is 0.544. The molecule has 1 nitrogen and oxygen atoms in total. The molecule has 0 aliphatic heterocycles. The Bertz CT molecular complexity index is 366. The lowest BCUT2D eigenvalue weighted by molar-refractivity contribution is 0.452. The van der Waals surface area contributed by atoms with Gasteiger partial charge in [0.2, 0.25) is 0 Å². The first-order valence-corrected chi connectivity index (χ1v) is 7.52. The van der Waals surface area contributed by atoms with E-state index in [-0.39, 0.29) is 11.9 Å². The Labute approximate surface area is 118 Å². The number of hydrogen-bond donors (Lipinski definition) is 1. The number of halogens is 2. The van der Waals surface area contributed by atoms with Crippen molar-refractivity contribution < 1.29 is 4.39 Å². The van der Waals surface area contributed by atoms with Crippen molar-refractivity contribution in [1.29, 1.82) is 0 Å². The predicted octanol–water partition coefficient (Wildman–Crippen LogP) is 5.07. The van der Waals surface area contributed by atoms with Crippen LogP contribution in [0.15, 0.2) is 22.7 Å². The minimum absolute atomic E-state index is 0.181. The van der Waals surface area contributed by atoms with Crippen LogP contribution >= 0.6 is 15.9 Å². The molecule has 1 aromatic carbocycles. The van der Waals surface area contributed by atoms with Crippen LogP contribution in [0.25, 0.3) is 0 Å². The third kappa shape index (κ3) is 4.69. The van der Waals surface area contributed by atoms with E-state index in [1.165, 1.54) is 12.5 Å². The Hall–Kier alpha value is -0.410. The SMILES string of the molecule is CCNC(CCCC(C)C)c1cccc(F)c1Br. The van der Waals surface area contributed by atoms with Crippen molar-refractivity contribution >= 4 is 15.9 Å². The van der Waals surface area contributed by atoms with Crippen molar-refractivity contribution in [2.24, 2.45) is 5.92 Å². The van der Waals surface area contributed by atoms with Crippen LogP contribution in [0.4, 0.5) is 4.39 Å². The average molecular weight is 316 g/mol. The molecule has 1 atom stereocenters. The first-order chi connectivity index (χ1) is 8.56. The first kappa shape index (κ1) is 15.6. The molecule has 1 N–H and O–H groups in total. The number of nitrogens with one attached hydrogen (secondary N) is 1. The molecule has 0 saturated carbocycles. The fourth-order valence-corrected chi connectivity index (χ4v) is 2.67. The summed E-state index contributed by atoms with van der Waals surface area (Å²) in [7, 11) is 0. The van der Waals surface area contributed by atoms with E-state index in [1.807, 2.05) is 6.07 Å². The van der Waals surface area contributed by atoms with Crippen molar-refractivity contribution in [2.75, 3.05) is 6.54 Å². The van der Waals surface area contributed by atoms with Gasteiger partial charge in [-0.25, -0.2) is 4.39 Å². The maximum atomic E-state index is 13.6. The predicted molar refractivity (Wildman–Crippen MR) is 79.2 cm³/mol. The van der Waals surface area contributed by atoms with E-state index in [4.69, 9.17) is 0 Å². The maximum absolute atomic E-state index is 13.6. The van der Waals surface area contributed by atoms with Crippen LogP contribution in [0.5, 0.6) is 0 Å². The zero-order valence-corrected chi connectivity index (χ0v) is 13.1. The van der Waals surface area contributed by atoms with E-state index >= 15 is 0 Å². The molecule has 18 heavy (non-hydrogen) atoms. The fourth-order valence-electron chi connectivity index (χ4n) is 2.13. The topological polar surface area (TPSA) is 12.0 Å². The molecule has 0 fully saturated rings. The molecule has 102 valence electrons. The van der Waals surface area contributed by atoms with Gasteiger partial charge in [-0.05, 0) is 46.4 Å². The number of hydrogen-bond acceptors (Lipinski definition) is 1. The molecule has 0 aromatic heterocycles. The first-order valence-electron chi connectivity index (χ1n) is 6.73. The van der Waals surface area contributed by atoms with Crippen molar-refractivity contribution in [3.8, 4) is 0 Å². The number of rotatable bonds is 7. The molecule has 0 amide bonds. The van der Waals surface area contributed by atoms with E-state index in [1.54, 1.807) is 6.07 Å². The standard InChI is InChI=1S/C15H23BrFN/c1-4-18-14(10-5-7-11(2)3)12-8-6-9-13(17)15(12)16/h6,8-9,11,14,18H,4-5,7,10H2,1-3H3. The highest BCUT2D eigenvalue weighted by atomic mass is 79.9. The largest absolute Gasteiger partial charge is 0.310 e. The van der Waals surface area contributed by atoms with Crippen LogP contribution in [-0.4, -0.2) is 6.54 Å². The highest BCUT2D eigenvalue weighted by Gasteiger charge is 2.15. The quantitative estimate of drug-likeness (QED) is 0.741. The average Bonchev–Trinajstić information content (AvgIpc) is 2.31. The molecule has 0 spiro atoms. The van der Waals surface area contributed by atoms with Crippen molar-refractivity contribution in [2.45, 2.75) is 46.1 Å². The molecule has 0 heterocycles. The monoisotopic (exact) mass is 315 g/mol. The van der Waals surface area contributed by atoms with Gasteiger partial charge in [-0.15, -0.1) is 0 Å².